The highest BCUT2D eigenvalue weighted by molar-refractivity contribution is 9.10. The van der Waals surface area contributed by atoms with E-state index in [2.05, 4.69) is 21.2 Å². The van der Waals surface area contributed by atoms with Gasteiger partial charge in [-0.25, -0.2) is 4.39 Å². The maximum Gasteiger partial charge on any atom is 0.252 e. The summed E-state index contributed by atoms with van der Waals surface area (Å²) in [5.41, 5.74) is 4.78. The van der Waals surface area contributed by atoms with Gasteiger partial charge in [-0.15, -0.1) is 0 Å². The molecule has 0 radical (unpaired) electrons. The standard InChI is InChI=1S/C11H14BrFN2O2/c1-11(2,5-16)15-10(17)6-3-9(14)8(13)4-7(6)12/h3-4,16H,5,14H2,1-2H3,(H,15,17). The van der Waals surface area contributed by atoms with Gasteiger partial charge in [-0.2, -0.15) is 0 Å². The monoisotopic (exact) mass is 304 g/mol. The first-order valence-electron chi connectivity index (χ1n) is 4.95. The molecule has 0 aliphatic heterocycles. The number of halogens is 2. The van der Waals surface area contributed by atoms with Crippen molar-refractivity contribution >= 4 is 27.5 Å². The Hall–Kier alpha value is -1.14. The number of rotatable bonds is 3. The van der Waals surface area contributed by atoms with E-state index in [1.165, 1.54) is 6.07 Å². The molecule has 0 spiro atoms. The molecule has 0 unspecified atom stereocenters. The molecule has 0 fully saturated rings. The number of aliphatic hydroxyl groups is 1. The highest BCUT2D eigenvalue weighted by Gasteiger charge is 2.22. The lowest BCUT2D eigenvalue weighted by atomic mass is 10.1. The third kappa shape index (κ3) is 3.41. The smallest absolute Gasteiger partial charge is 0.252 e. The van der Waals surface area contributed by atoms with Crippen molar-refractivity contribution in [3.63, 3.8) is 0 Å². The fourth-order valence-corrected chi connectivity index (χ4v) is 1.65. The molecule has 0 saturated heterocycles. The zero-order valence-corrected chi connectivity index (χ0v) is 11.1. The van der Waals surface area contributed by atoms with Gasteiger partial charge in [0.2, 0.25) is 0 Å². The molecule has 6 heteroatoms. The summed E-state index contributed by atoms with van der Waals surface area (Å²) in [4.78, 5) is 11.9. The molecule has 1 aromatic rings. The molecule has 4 N–H and O–H groups in total. The van der Waals surface area contributed by atoms with E-state index in [1.54, 1.807) is 13.8 Å². The van der Waals surface area contributed by atoms with E-state index in [4.69, 9.17) is 10.8 Å². The van der Waals surface area contributed by atoms with Gasteiger partial charge >= 0.3 is 0 Å². The number of benzene rings is 1. The zero-order valence-electron chi connectivity index (χ0n) is 9.55. The maximum atomic E-state index is 13.1. The lowest BCUT2D eigenvalue weighted by Gasteiger charge is -2.23. The van der Waals surface area contributed by atoms with Gasteiger partial charge in [0.1, 0.15) is 5.82 Å². The highest BCUT2D eigenvalue weighted by Crippen LogP contribution is 2.23. The Labute approximate surface area is 107 Å². The third-order valence-electron chi connectivity index (χ3n) is 2.18. The summed E-state index contributed by atoms with van der Waals surface area (Å²) >= 11 is 3.09. The van der Waals surface area contributed by atoms with Crippen molar-refractivity contribution in [2.24, 2.45) is 0 Å². The third-order valence-corrected chi connectivity index (χ3v) is 2.83. The predicted molar refractivity (Wildman–Crippen MR) is 67.1 cm³/mol. The van der Waals surface area contributed by atoms with Crippen molar-refractivity contribution < 1.29 is 14.3 Å². The summed E-state index contributed by atoms with van der Waals surface area (Å²) in [5, 5.41) is 11.7. The number of nitrogens with two attached hydrogens (primary N) is 1. The summed E-state index contributed by atoms with van der Waals surface area (Å²) in [6.07, 6.45) is 0. The Morgan fingerprint density at radius 2 is 2.18 bits per heavy atom. The first-order chi connectivity index (χ1) is 7.76. The van der Waals surface area contributed by atoms with Crippen LogP contribution in [0.3, 0.4) is 0 Å². The van der Waals surface area contributed by atoms with Gasteiger partial charge in [0.25, 0.3) is 5.91 Å². The average molecular weight is 305 g/mol. The number of hydrogen-bond donors (Lipinski definition) is 3. The van der Waals surface area contributed by atoms with Crippen LogP contribution in [-0.4, -0.2) is 23.2 Å². The highest BCUT2D eigenvalue weighted by atomic mass is 79.9. The Kier molecular flexibility index (Phi) is 4.11. The molecule has 0 aliphatic carbocycles. The minimum atomic E-state index is -0.750. The maximum absolute atomic E-state index is 13.1. The molecule has 0 atom stereocenters. The van der Waals surface area contributed by atoms with Crippen LogP contribution in [0, 0.1) is 5.82 Å². The summed E-state index contributed by atoms with van der Waals surface area (Å²) in [5.74, 6) is -1.02. The number of nitrogens with one attached hydrogen (secondary N) is 1. The first-order valence-corrected chi connectivity index (χ1v) is 5.74. The molecular formula is C11H14BrFN2O2. The number of aliphatic hydroxyl groups excluding tert-OH is 1. The van der Waals surface area contributed by atoms with Gasteiger partial charge in [0, 0.05) is 4.47 Å². The molecule has 4 nitrogen and oxygen atoms in total. The second kappa shape index (κ2) is 5.01. The van der Waals surface area contributed by atoms with Crippen LogP contribution in [0.4, 0.5) is 10.1 Å². The molecule has 1 amide bonds. The van der Waals surface area contributed by atoms with Crippen molar-refractivity contribution in [3.8, 4) is 0 Å². The van der Waals surface area contributed by atoms with Crippen molar-refractivity contribution in [2.75, 3.05) is 12.3 Å². The summed E-state index contributed by atoms with van der Waals surface area (Å²) < 4.78 is 13.4. The average Bonchev–Trinajstić information content (AvgIpc) is 2.22. The number of carbonyl (C=O) groups excluding carboxylic acids is 1. The number of nitrogen functional groups attached to an aromatic ring is 1. The van der Waals surface area contributed by atoms with Crippen molar-refractivity contribution in [2.45, 2.75) is 19.4 Å². The fraction of sp³-hybridized carbons (Fsp3) is 0.364. The lowest BCUT2D eigenvalue weighted by molar-refractivity contribution is 0.0868. The van der Waals surface area contributed by atoms with Crippen LogP contribution >= 0.6 is 15.9 Å². The van der Waals surface area contributed by atoms with Crippen LogP contribution in [0.15, 0.2) is 16.6 Å². The molecule has 0 saturated carbocycles. The van der Waals surface area contributed by atoms with Gasteiger partial charge < -0.3 is 16.2 Å². The van der Waals surface area contributed by atoms with Gasteiger partial charge in [0.05, 0.1) is 23.4 Å². The van der Waals surface area contributed by atoms with Gasteiger partial charge in [-0.1, -0.05) is 0 Å². The van der Waals surface area contributed by atoms with Crippen LogP contribution in [0.25, 0.3) is 0 Å². The molecule has 94 valence electrons. The Balaban J connectivity index is 3.01. The van der Waals surface area contributed by atoms with E-state index in [1.807, 2.05) is 0 Å². The summed E-state index contributed by atoms with van der Waals surface area (Å²) in [6, 6.07) is 2.39. The molecule has 17 heavy (non-hydrogen) atoms. The number of amides is 1. The van der Waals surface area contributed by atoms with E-state index in [0.717, 1.165) is 6.07 Å². The quantitative estimate of drug-likeness (QED) is 0.744. The van der Waals surface area contributed by atoms with E-state index in [-0.39, 0.29) is 17.9 Å². The van der Waals surface area contributed by atoms with E-state index in [9.17, 15) is 9.18 Å². The van der Waals surface area contributed by atoms with E-state index >= 15 is 0 Å². The molecule has 0 aliphatic rings. The minimum Gasteiger partial charge on any atom is -0.396 e. The van der Waals surface area contributed by atoms with Crippen LogP contribution in [0.2, 0.25) is 0 Å². The minimum absolute atomic E-state index is 0.0971. The van der Waals surface area contributed by atoms with Crippen LogP contribution in [0.1, 0.15) is 24.2 Å². The fourth-order valence-electron chi connectivity index (χ4n) is 1.15. The number of hydrogen-bond acceptors (Lipinski definition) is 3. The normalized spacial score (nSPS) is 11.4. The van der Waals surface area contributed by atoms with Crippen LogP contribution in [0.5, 0.6) is 0 Å². The molecule has 1 aromatic carbocycles. The Morgan fingerprint density at radius 3 is 2.71 bits per heavy atom. The van der Waals surface area contributed by atoms with E-state index in [0.29, 0.717) is 4.47 Å². The van der Waals surface area contributed by atoms with Crippen LogP contribution < -0.4 is 11.1 Å². The van der Waals surface area contributed by atoms with Crippen LogP contribution in [-0.2, 0) is 0 Å². The molecule has 0 bridgehead atoms. The predicted octanol–water partition coefficient (Wildman–Crippen LogP) is 1.67. The van der Waals surface area contributed by atoms with Gasteiger partial charge in [-0.05, 0) is 41.9 Å². The largest absolute Gasteiger partial charge is 0.396 e. The Bertz CT molecular complexity index is 449. The second-order valence-electron chi connectivity index (χ2n) is 4.35. The van der Waals surface area contributed by atoms with Crippen molar-refractivity contribution in [1.82, 2.24) is 5.32 Å². The zero-order chi connectivity index (χ0) is 13.2. The second-order valence-corrected chi connectivity index (χ2v) is 5.20. The molecular weight excluding hydrogens is 291 g/mol. The van der Waals surface area contributed by atoms with Crippen molar-refractivity contribution in [1.29, 1.82) is 0 Å². The van der Waals surface area contributed by atoms with Crippen molar-refractivity contribution in [3.05, 3.63) is 28.0 Å². The summed E-state index contributed by atoms with van der Waals surface area (Å²) in [6.45, 7) is 3.14. The topological polar surface area (TPSA) is 75.3 Å². The van der Waals surface area contributed by atoms with E-state index < -0.39 is 17.3 Å². The van der Waals surface area contributed by atoms with Gasteiger partial charge in [0.15, 0.2) is 0 Å². The Morgan fingerprint density at radius 1 is 1.59 bits per heavy atom. The number of carbonyl (C=O) groups is 1. The van der Waals surface area contributed by atoms with Gasteiger partial charge in [-0.3, -0.25) is 4.79 Å². The summed E-state index contributed by atoms with van der Waals surface area (Å²) in [7, 11) is 0. The lowest BCUT2D eigenvalue weighted by Crippen LogP contribution is -2.46. The first kappa shape index (κ1) is 13.9. The number of anilines is 1. The molecule has 1 rings (SSSR count). The molecule has 0 heterocycles. The molecule has 0 aromatic heterocycles. The SMILES string of the molecule is CC(C)(CO)NC(=O)c1cc(N)c(F)cc1Br.